The molecule has 0 amide bonds. The van der Waals surface area contributed by atoms with Gasteiger partial charge >= 0.3 is 5.97 Å². The van der Waals surface area contributed by atoms with Crippen molar-refractivity contribution in [2.24, 2.45) is 22.4 Å². The van der Waals surface area contributed by atoms with E-state index in [1.54, 1.807) is 6.92 Å². The molecule has 0 heterocycles. The quantitative estimate of drug-likeness (QED) is 0.359. The normalized spacial score (nSPS) is 18.0. The van der Waals surface area contributed by atoms with Crippen molar-refractivity contribution in [1.29, 1.82) is 0 Å². The average molecular weight is 333 g/mol. The second-order valence-corrected chi connectivity index (χ2v) is 6.17. The first-order chi connectivity index (χ1) is 11.5. The molecule has 0 radical (unpaired) electrons. The van der Waals surface area contributed by atoms with Gasteiger partial charge in [0.05, 0.1) is 6.61 Å². The SMILES string of the molecule is CCOC(=O)CC1CCCc2cc(OC(C)N=C(N)N)ccc2C1. The lowest BCUT2D eigenvalue weighted by Crippen LogP contribution is -2.26. The molecule has 0 aliphatic heterocycles. The van der Waals surface area contributed by atoms with Crippen LogP contribution in [-0.2, 0) is 22.4 Å². The number of fused-ring (bicyclic) bond motifs is 1. The van der Waals surface area contributed by atoms with Crippen LogP contribution in [0.25, 0.3) is 0 Å². The fourth-order valence-corrected chi connectivity index (χ4v) is 3.16. The molecule has 4 N–H and O–H groups in total. The Morgan fingerprint density at radius 3 is 2.88 bits per heavy atom. The van der Waals surface area contributed by atoms with Crippen molar-refractivity contribution in [1.82, 2.24) is 0 Å². The number of hydrogen-bond donors (Lipinski definition) is 2. The Bertz CT molecular complexity index is 597. The summed E-state index contributed by atoms with van der Waals surface area (Å²) in [5.74, 6) is 1.02. The Kier molecular flexibility index (Phi) is 6.46. The first kappa shape index (κ1) is 18.1. The van der Waals surface area contributed by atoms with Crippen LogP contribution in [0.15, 0.2) is 23.2 Å². The summed E-state index contributed by atoms with van der Waals surface area (Å²) < 4.78 is 10.8. The summed E-state index contributed by atoms with van der Waals surface area (Å²) in [6.45, 7) is 4.07. The zero-order chi connectivity index (χ0) is 17.5. The molecular formula is C18H27N3O3. The van der Waals surface area contributed by atoms with E-state index in [2.05, 4.69) is 17.1 Å². The van der Waals surface area contributed by atoms with Crippen LogP contribution >= 0.6 is 0 Å². The van der Waals surface area contributed by atoms with E-state index in [0.717, 1.165) is 31.4 Å². The molecule has 6 heteroatoms. The summed E-state index contributed by atoms with van der Waals surface area (Å²) in [7, 11) is 0. The number of nitrogens with two attached hydrogens (primary N) is 2. The number of ether oxygens (including phenoxy) is 2. The third-order valence-electron chi connectivity index (χ3n) is 4.14. The first-order valence-corrected chi connectivity index (χ1v) is 8.50. The summed E-state index contributed by atoms with van der Waals surface area (Å²) >= 11 is 0. The van der Waals surface area contributed by atoms with Crippen molar-refractivity contribution in [3.63, 3.8) is 0 Å². The number of rotatable bonds is 6. The third kappa shape index (κ3) is 5.44. The molecular weight excluding hydrogens is 306 g/mol. The molecule has 0 fully saturated rings. The number of aliphatic imine (C=N–C) groups is 1. The number of aryl methyl sites for hydroxylation is 1. The minimum absolute atomic E-state index is 0.0130. The molecule has 6 nitrogen and oxygen atoms in total. The number of hydrogen-bond acceptors (Lipinski definition) is 4. The maximum atomic E-state index is 11.7. The number of nitrogens with zero attached hydrogens (tertiary/aromatic N) is 1. The van der Waals surface area contributed by atoms with Crippen molar-refractivity contribution >= 4 is 11.9 Å². The van der Waals surface area contributed by atoms with Crippen molar-refractivity contribution in [3.05, 3.63) is 29.3 Å². The monoisotopic (exact) mass is 333 g/mol. The van der Waals surface area contributed by atoms with Gasteiger partial charge in [0, 0.05) is 6.42 Å². The van der Waals surface area contributed by atoms with Crippen LogP contribution < -0.4 is 16.2 Å². The molecule has 0 bridgehead atoms. The molecule has 2 unspecified atom stereocenters. The highest BCUT2D eigenvalue weighted by molar-refractivity contribution is 5.75. The number of carbonyl (C=O) groups excluding carboxylic acids is 1. The van der Waals surface area contributed by atoms with Gasteiger partial charge in [-0.25, -0.2) is 4.99 Å². The summed E-state index contributed by atoms with van der Waals surface area (Å²) in [6, 6.07) is 6.07. The first-order valence-electron chi connectivity index (χ1n) is 8.50. The molecule has 0 saturated heterocycles. The fourth-order valence-electron chi connectivity index (χ4n) is 3.16. The standard InChI is InChI=1S/C18H27N3O3/c1-3-23-17(22)10-13-5-4-6-14-11-16(8-7-15(14)9-13)24-12(2)21-18(19)20/h7-8,11-13H,3-6,9-10H2,1-2H3,(H4,19,20,21). The summed E-state index contributed by atoms with van der Waals surface area (Å²) in [6.07, 6.45) is 4.06. The van der Waals surface area contributed by atoms with E-state index in [0.29, 0.717) is 18.9 Å². The van der Waals surface area contributed by atoms with Gasteiger partial charge in [-0.15, -0.1) is 0 Å². The van der Waals surface area contributed by atoms with Gasteiger partial charge in [0.25, 0.3) is 0 Å². The van der Waals surface area contributed by atoms with Gasteiger partial charge in [-0.2, -0.15) is 0 Å². The molecule has 132 valence electrons. The molecule has 1 aromatic carbocycles. The smallest absolute Gasteiger partial charge is 0.306 e. The van der Waals surface area contributed by atoms with Gasteiger partial charge in [-0.1, -0.05) is 6.07 Å². The Labute approximate surface area is 143 Å². The van der Waals surface area contributed by atoms with Gasteiger partial charge in [0.2, 0.25) is 0 Å². The summed E-state index contributed by atoms with van der Waals surface area (Å²) in [5, 5.41) is 0. The predicted molar refractivity (Wildman–Crippen MR) is 93.7 cm³/mol. The Morgan fingerprint density at radius 1 is 1.38 bits per heavy atom. The number of esters is 1. The molecule has 2 atom stereocenters. The van der Waals surface area contributed by atoms with Gasteiger partial charge in [-0.05, 0) is 68.7 Å². The lowest BCUT2D eigenvalue weighted by Gasteiger charge is -2.15. The summed E-state index contributed by atoms with van der Waals surface area (Å²) in [4.78, 5) is 15.7. The van der Waals surface area contributed by atoms with Crippen LogP contribution in [0.5, 0.6) is 5.75 Å². The topological polar surface area (TPSA) is 99.9 Å². The maximum Gasteiger partial charge on any atom is 0.306 e. The molecule has 1 aromatic rings. The highest BCUT2D eigenvalue weighted by Gasteiger charge is 2.20. The van der Waals surface area contributed by atoms with E-state index >= 15 is 0 Å². The van der Waals surface area contributed by atoms with E-state index in [-0.39, 0.29) is 11.9 Å². The Balaban J connectivity index is 2.04. The zero-order valence-electron chi connectivity index (χ0n) is 14.5. The largest absolute Gasteiger partial charge is 0.469 e. The van der Waals surface area contributed by atoms with Crippen molar-refractivity contribution in [3.8, 4) is 5.75 Å². The van der Waals surface area contributed by atoms with Gasteiger partial charge in [-0.3, -0.25) is 4.79 Å². The Hall–Kier alpha value is -2.24. The number of benzene rings is 1. The van der Waals surface area contributed by atoms with Crippen molar-refractivity contribution in [2.75, 3.05) is 6.61 Å². The lowest BCUT2D eigenvalue weighted by molar-refractivity contribution is -0.144. The van der Waals surface area contributed by atoms with Crippen LogP contribution in [0, 0.1) is 5.92 Å². The van der Waals surface area contributed by atoms with E-state index in [4.69, 9.17) is 20.9 Å². The number of carbonyl (C=O) groups is 1. The predicted octanol–water partition coefficient (Wildman–Crippen LogP) is 2.13. The minimum atomic E-state index is -0.421. The molecule has 24 heavy (non-hydrogen) atoms. The van der Waals surface area contributed by atoms with Crippen molar-refractivity contribution < 1.29 is 14.3 Å². The van der Waals surface area contributed by atoms with E-state index < -0.39 is 6.23 Å². The third-order valence-corrected chi connectivity index (χ3v) is 4.14. The van der Waals surface area contributed by atoms with Crippen LogP contribution in [0.4, 0.5) is 0 Å². The zero-order valence-corrected chi connectivity index (χ0v) is 14.5. The molecule has 1 aliphatic carbocycles. The average Bonchev–Trinajstić information content (AvgIpc) is 2.67. The maximum absolute atomic E-state index is 11.7. The second kappa shape index (κ2) is 8.57. The van der Waals surface area contributed by atoms with Crippen LogP contribution in [0.2, 0.25) is 0 Å². The highest BCUT2D eigenvalue weighted by Crippen LogP contribution is 2.29. The van der Waals surface area contributed by atoms with Crippen LogP contribution in [0.3, 0.4) is 0 Å². The molecule has 1 aliphatic rings. The van der Waals surface area contributed by atoms with Crippen molar-refractivity contribution in [2.45, 2.75) is 52.2 Å². The highest BCUT2D eigenvalue weighted by atomic mass is 16.5. The fraction of sp³-hybridized carbons (Fsp3) is 0.556. The van der Waals surface area contributed by atoms with Gasteiger partial charge in [0.1, 0.15) is 5.75 Å². The molecule has 0 spiro atoms. The van der Waals surface area contributed by atoms with E-state index in [1.165, 1.54) is 11.1 Å². The summed E-state index contributed by atoms with van der Waals surface area (Å²) in [5.41, 5.74) is 13.3. The van der Waals surface area contributed by atoms with Gasteiger partial charge in [0.15, 0.2) is 12.2 Å². The number of guanidine groups is 1. The van der Waals surface area contributed by atoms with Crippen LogP contribution in [-0.4, -0.2) is 24.8 Å². The second-order valence-electron chi connectivity index (χ2n) is 6.17. The van der Waals surface area contributed by atoms with Gasteiger partial charge < -0.3 is 20.9 Å². The van der Waals surface area contributed by atoms with Crippen LogP contribution in [0.1, 0.15) is 44.2 Å². The Morgan fingerprint density at radius 2 is 2.17 bits per heavy atom. The molecule has 2 rings (SSSR count). The molecule has 0 aromatic heterocycles. The lowest BCUT2D eigenvalue weighted by atomic mass is 9.94. The van der Waals surface area contributed by atoms with E-state index in [9.17, 15) is 4.79 Å². The molecule has 0 saturated carbocycles. The van der Waals surface area contributed by atoms with E-state index in [1.807, 2.05) is 13.0 Å². The minimum Gasteiger partial charge on any atom is -0.469 e.